The molecule has 0 aliphatic heterocycles. The molecule has 5 rings (SSSR count). The second-order valence-electron chi connectivity index (χ2n) is 7.50. The van der Waals surface area contributed by atoms with Crippen LogP contribution in [0.15, 0.2) is 67.5 Å². The van der Waals surface area contributed by atoms with Crippen molar-refractivity contribution in [3.63, 3.8) is 0 Å². The summed E-state index contributed by atoms with van der Waals surface area (Å²) in [6.07, 6.45) is 6.27. The number of fused-ring (bicyclic) bond motifs is 1. The molecule has 1 atom stereocenters. The molecule has 2 aromatic carbocycles. The molecule has 0 saturated heterocycles. The second kappa shape index (κ2) is 8.55. The molecular formula is C24H17ClF2N6. The molecule has 0 radical (unpaired) electrons. The number of hydrogen-bond acceptors (Lipinski definition) is 5. The van der Waals surface area contributed by atoms with Crippen LogP contribution in [0, 0.1) is 11.6 Å². The highest BCUT2D eigenvalue weighted by Gasteiger charge is 2.21. The summed E-state index contributed by atoms with van der Waals surface area (Å²) in [5.74, 6) is -0.781. The number of pyridine rings is 1. The lowest BCUT2D eigenvalue weighted by molar-refractivity contribution is 0.584. The first-order valence-corrected chi connectivity index (χ1v) is 10.5. The first-order chi connectivity index (χ1) is 16.0. The highest BCUT2D eigenvalue weighted by atomic mass is 35.5. The molecule has 33 heavy (non-hydrogen) atoms. The summed E-state index contributed by atoms with van der Waals surface area (Å²) < 4.78 is 28.5. The van der Waals surface area contributed by atoms with E-state index in [2.05, 4.69) is 30.2 Å². The van der Waals surface area contributed by atoms with E-state index in [4.69, 9.17) is 11.6 Å². The predicted octanol–water partition coefficient (Wildman–Crippen LogP) is 6.19. The summed E-state index contributed by atoms with van der Waals surface area (Å²) in [5.41, 5.74) is 4.51. The Balaban J connectivity index is 1.71. The Morgan fingerprint density at radius 3 is 2.45 bits per heavy atom. The van der Waals surface area contributed by atoms with Crippen molar-refractivity contribution in [1.82, 2.24) is 24.9 Å². The molecule has 6 nitrogen and oxygen atoms in total. The van der Waals surface area contributed by atoms with Crippen molar-refractivity contribution in [2.75, 3.05) is 5.32 Å². The van der Waals surface area contributed by atoms with Crippen molar-refractivity contribution >= 4 is 28.6 Å². The summed E-state index contributed by atoms with van der Waals surface area (Å²) in [5, 5.41) is 3.84. The zero-order valence-corrected chi connectivity index (χ0v) is 18.1. The SMILES string of the molecule is CC(Nc1ncnc2nc[nH]c12)c1cc(Cl)cc(-c2ccncc2)c1-c1cc(F)cc(F)c1. The van der Waals surface area contributed by atoms with E-state index in [0.29, 0.717) is 33.1 Å². The van der Waals surface area contributed by atoms with E-state index < -0.39 is 11.6 Å². The number of nitrogens with zero attached hydrogens (tertiary/aromatic N) is 4. The molecule has 0 aliphatic rings. The van der Waals surface area contributed by atoms with E-state index >= 15 is 0 Å². The van der Waals surface area contributed by atoms with Crippen LogP contribution in [0.4, 0.5) is 14.6 Å². The Kier molecular flexibility index (Phi) is 5.43. The number of aromatic amines is 1. The summed E-state index contributed by atoms with van der Waals surface area (Å²) >= 11 is 6.51. The van der Waals surface area contributed by atoms with Gasteiger partial charge in [-0.2, -0.15) is 0 Å². The van der Waals surface area contributed by atoms with Gasteiger partial charge in [-0.05, 0) is 71.1 Å². The Morgan fingerprint density at radius 1 is 0.939 bits per heavy atom. The number of aromatic nitrogens is 5. The van der Waals surface area contributed by atoms with Crippen molar-refractivity contribution in [3.8, 4) is 22.3 Å². The second-order valence-corrected chi connectivity index (χ2v) is 7.94. The van der Waals surface area contributed by atoms with Crippen molar-refractivity contribution in [1.29, 1.82) is 0 Å². The van der Waals surface area contributed by atoms with Gasteiger partial charge in [0.2, 0.25) is 0 Å². The van der Waals surface area contributed by atoms with Crippen LogP contribution in [-0.4, -0.2) is 24.9 Å². The molecular weight excluding hydrogens is 446 g/mol. The average molecular weight is 463 g/mol. The normalized spacial score (nSPS) is 12.1. The monoisotopic (exact) mass is 462 g/mol. The maximum absolute atomic E-state index is 14.2. The fourth-order valence-electron chi connectivity index (χ4n) is 3.91. The highest BCUT2D eigenvalue weighted by Crippen LogP contribution is 2.41. The lowest BCUT2D eigenvalue weighted by atomic mass is 9.88. The van der Waals surface area contributed by atoms with Crippen LogP contribution in [0.3, 0.4) is 0 Å². The van der Waals surface area contributed by atoms with Crippen LogP contribution < -0.4 is 5.32 Å². The third-order valence-electron chi connectivity index (χ3n) is 5.32. The van der Waals surface area contributed by atoms with Crippen LogP contribution in [0.2, 0.25) is 5.02 Å². The van der Waals surface area contributed by atoms with Gasteiger partial charge in [-0.25, -0.2) is 23.7 Å². The number of hydrogen-bond donors (Lipinski definition) is 2. The topological polar surface area (TPSA) is 79.4 Å². The molecule has 3 aromatic heterocycles. The van der Waals surface area contributed by atoms with Gasteiger partial charge in [-0.1, -0.05) is 11.6 Å². The number of nitrogens with one attached hydrogen (secondary N) is 2. The minimum absolute atomic E-state index is 0.341. The fraction of sp³-hybridized carbons (Fsp3) is 0.0833. The quantitative estimate of drug-likeness (QED) is 0.325. The van der Waals surface area contributed by atoms with Crippen LogP contribution in [-0.2, 0) is 0 Å². The average Bonchev–Trinajstić information content (AvgIpc) is 3.28. The molecule has 5 aromatic rings. The fourth-order valence-corrected chi connectivity index (χ4v) is 4.13. The molecule has 0 amide bonds. The first kappa shape index (κ1) is 21.0. The van der Waals surface area contributed by atoms with E-state index in [1.54, 1.807) is 24.5 Å². The highest BCUT2D eigenvalue weighted by molar-refractivity contribution is 6.31. The summed E-state index contributed by atoms with van der Waals surface area (Å²) in [6, 6.07) is 10.3. The number of halogens is 3. The zero-order valence-electron chi connectivity index (χ0n) is 17.4. The Morgan fingerprint density at radius 2 is 1.70 bits per heavy atom. The van der Waals surface area contributed by atoms with E-state index in [0.717, 1.165) is 22.8 Å². The number of benzene rings is 2. The van der Waals surface area contributed by atoms with E-state index in [9.17, 15) is 8.78 Å². The summed E-state index contributed by atoms with van der Waals surface area (Å²) in [6.45, 7) is 1.92. The van der Waals surface area contributed by atoms with Gasteiger partial charge in [0, 0.05) is 23.5 Å². The van der Waals surface area contributed by atoms with E-state index in [1.807, 2.05) is 19.1 Å². The number of imidazole rings is 1. The Hall–Kier alpha value is -3.91. The van der Waals surface area contributed by atoms with Gasteiger partial charge in [0.05, 0.1) is 12.4 Å². The molecule has 0 spiro atoms. The van der Waals surface area contributed by atoms with Gasteiger partial charge in [0.15, 0.2) is 11.5 Å². The lowest BCUT2D eigenvalue weighted by Gasteiger charge is -2.22. The third-order valence-corrected chi connectivity index (χ3v) is 5.54. The molecule has 9 heteroatoms. The van der Waals surface area contributed by atoms with E-state index in [-0.39, 0.29) is 6.04 Å². The van der Waals surface area contributed by atoms with Crippen LogP contribution in [0.25, 0.3) is 33.4 Å². The first-order valence-electron chi connectivity index (χ1n) is 10.1. The Labute approximate surface area is 192 Å². The molecule has 1 unspecified atom stereocenters. The van der Waals surface area contributed by atoms with Crippen LogP contribution >= 0.6 is 11.6 Å². The van der Waals surface area contributed by atoms with Gasteiger partial charge in [-0.15, -0.1) is 0 Å². The predicted molar refractivity (Wildman–Crippen MR) is 124 cm³/mol. The van der Waals surface area contributed by atoms with E-state index in [1.165, 1.54) is 24.8 Å². The molecule has 164 valence electrons. The minimum Gasteiger partial charge on any atom is -0.362 e. The largest absolute Gasteiger partial charge is 0.362 e. The number of rotatable bonds is 5. The smallest absolute Gasteiger partial charge is 0.182 e. The van der Waals surface area contributed by atoms with Gasteiger partial charge in [0.25, 0.3) is 0 Å². The van der Waals surface area contributed by atoms with Crippen molar-refractivity contribution < 1.29 is 8.78 Å². The van der Waals surface area contributed by atoms with Gasteiger partial charge < -0.3 is 10.3 Å². The molecule has 0 saturated carbocycles. The molecule has 0 fully saturated rings. The van der Waals surface area contributed by atoms with Gasteiger partial charge >= 0.3 is 0 Å². The van der Waals surface area contributed by atoms with Gasteiger partial charge in [0.1, 0.15) is 23.5 Å². The van der Waals surface area contributed by atoms with Crippen LogP contribution in [0.1, 0.15) is 18.5 Å². The Bertz CT molecular complexity index is 1430. The van der Waals surface area contributed by atoms with Crippen molar-refractivity contribution in [2.45, 2.75) is 13.0 Å². The van der Waals surface area contributed by atoms with Crippen LogP contribution in [0.5, 0.6) is 0 Å². The molecule has 3 heterocycles. The van der Waals surface area contributed by atoms with Gasteiger partial charge in [-0.3, -0.25) is 4.98 Å². The standard InChI is InChI=1S/C24H17ClF2N6/c1-13(33-24-22-23(30-11-29-22)31-12-32-24)19-8-16(25)9-20(14-2-4-28-5-3-14)21(19)15-6-17(26)10-18(27)7-15/h2-13H,1H3,(H2,29,30,31,32,33). The zero-order chi connectivity index (χ0) is 22.9. The lowest BCUT2D eigenvalue weighted by Crippen LogP contribution is -2.11. The van der Waals surface area contributed by atoms with Crippen molar-refractivity contribution in [3.05, 3.63) is 89.7 Å². The summed E-state index contributed by atoms with van der Waals surface area (Å²) in [4.78, 5) is 19.7. The molecule has 0 bridgehead atoms. The molecule has 2 N–H and O–H groups in total. The number of anilines is 1. The summed E-state index contributed by atoms with van der Waals surface area (Å²) in [7, 11) is 0. The van der Waals surface area contributed by atoms with Crippen molar-refractivity contribution in [2.24, 2.45) is 0 Å². The molecule has 0 aliphatic carbocycles. The maximum Gasteiger partial charge on any atom is 0.182 e. The minimum atomic E-state index is -0.665. The third kappa shape index (κ3) is 4.12. The maximum atomic E-state index is 14.2. The number of H-pyrrole nitrogens is 1.